The number of methoxy groups -OCH3 is 2. The first-order chi connectivity index (χ1) is 13.4. The molecule has 1 aromatic heterocycles. The molecule has 146 valence electrons. The molecule has 1 N–H and O–H groups in total. The number of esters is 1. The topological polar surface area (TPSA) is 111 Å². The average Bonchev–Trinajstić information content (AvgIpc) is 3.09. The highest BCUT2D eigenvalue weighted by atomic mass is 16.6. The summed E-state index contributed by atoms with van der Waals surface area (Å²) in [5.41, 5.74) is 0.345. The van der Waals surface area contributed by atoms with Crippen LogP contribution in [0, 0.1) is 18.3 Å². The Labute approximate surface area is 162 Å². The van der Waals surface area contributed by atoms with E-state index in [1.54, 1.807) is 19.1 Å². The Morgan fingerprint density at radius 1 is 1.21 bits per heavy atom. The lowest BCUT2D eigenvalue weighted by Crippen LogP contribution is -2.23. The number of ether oxygens (including phenoxy) is 3. The Morgan fingerprint density at radius 3 is 2.32 bits per heavy atom. The zero-order valence-electron chi connectivity index (χ0n) is 16.0. The third-order valence-corrected chi connectivity index (χ3v) is 3.62. The van der Waals surface area contributed by atoms with E-state index in [0.717, 1.165) is 5.76 Å². The van der Waals surface area contributed by atoms with Crippen LogP contribution in [-0.4, -0.2) is 26.1 Å². The second kappa shape index (κ2) is 9.28. The number of hydrogen-bond acceptors (Lipinski definition) is 7. The Morgan fingerprint density at radius 2 is 1.86 bits per heavy atom. The van der Waals surface area contributed by atoms with Gasteiger partial charge in [-0.2, -0.15) is 5.26 Å². The van der Waals surface area contributed by atoms with E-state index in [0.29, 0.717) is 11.3 Å². The van der Waals surface area contributed by atoms with E-state index in [1.165, 1.54) is 39.4 Å². The molecule has 8 nitrogen and oxygen atoms in total. The maximum atomic E-state index is 12.3. The molecule has 2 rings (SSSR count). The molecule has 0 aliphatic carbocycles. The van der Waals surface area contributed by atoms with E-state index in [2.05, 4.69) is 5.32 Å². The lowest BCUT2D eigenvalue weighted by molar-refractivity contribution is -0.132. The van der Waals surface area contributed by atoms with Crippen molar-refractivity contribution in [3.8, 4) is 23.3 Å². The average molecular weight is 384 g/mol. The Bertz CT molecular complexity index is 927. The van der Waals surface area contributed by atoms with Gasteiger partial charge in [0.15, 0.2) is 11.5 Å². The second-order valence-electron chi connectivity index (χ2n) is 5.71. The maximum Gasteiger partial charge on any atom is 0.308 e. The summed E-state index contributed by atoms with van der Waals surface area (Å²) in [6.07, 6.45) is 1.38. The van der Waals surface area contributed by atoms with Crippen molar-refractivity contribution in [3.63, 3.8) is 0 Å². The highest BCUT2D eigenvalue weighted by Crippen LogP contribution is 2.39. The molecule has 1 aromatic carbocycles. The molecule has 28 heavy (non-hydrogen) atoms. The number of nitrogens with one attached hydrogen (secondary N) is 1. The summed E-state index contributed by atoms with van der Waals surface area (Å²) in [4.78, 5) is 23.6. The molecule has 0 saturated heterocycles. The summed E-state index contributed by atoms with van der Waals surface area (Å²) >= 11 is 0. The van der Waals surface area contributed by atoms with Crippen LogP contribution in [0.1, 0.15) is 24.0 Å². The van der Waals surface area contributed by atoms with E-state index < -0.39 is 11.9 Å². The van der Waals surface area contributed by atoms with Gasteiger partial charge in [-0.05, 0) is 42.8 Å². The minimum Gasteiger partial charge on any atom is -0.493 e. The van der Waals surface area contributed by atoms with Gasteiger partial charge in [-0.1, -0.05) is 0 Å². The van der Waals surface area contributed by atoms with Crippen LogP contribution in [0.3, 0.4) is 0 Å². The zero-order chi connectivity index (χ0) is 20.7. The highest BCUT2D eigenvalue weighted by molar-refractivity contribution is 6.01. The highest BCUT2D eigenvalue weighted by Gasteiger charge is 2.17. The van der Waals surface area contributed by atoms with Crippen molar-refractivity contribution in [1.82, 2.24) is 5.32 Å². The molecular weight excluding hydrogens is 364 g/mol. The molecule has 1 amide bonds. The number of aryl methyl sites for hydroxylation is 1. The van der Waals surface area contributed by atoms with Crippen LogP contribution in [0.4, 0.5) is 0 Å². The quantitative estimate of drug-likeness (QED) is 0.338. The van der Waals surface area contributed by atoms with Gasteiger partial charge in [0.25, 0.3) is 5.91 Å². The monoisotopic (exact) mass is 384 g/mol. The molecule has 0 aliphatic heterocycles. The van der Waals surface area contributed by atoms with Crippen molar-refractivity contribution >= 4 is 18.0 Å². The van der Waals surface area contributed by atoms with Crippen molar-refractivity contribution in [1.29, 1.82) is 5.26 Å². The fourth-order valence-corrected chi connectivity index (χ4v) is 2.39. The molecule has 0 atom stereocenters. The summed E-state index contributed by atoms with van der Waals surface area (Å²) in [5, 5.41) is 12.0. The van der Waals surface area contributed by atoms with E-state index in [9.17, 15) is 14.9 Å². The number of benzene rings is 1. The van der Waals surface area contributed by atoms with Crippen molar-refractivity contribution in [2.24, 2.45) is 0 Å². The van der Waals surface area contributed by atoms with Gasteiger partial charge in [-0.25, -0.2) is 0 Å². The Balaban J connectivity index is 2.28. The smallest absolute Gasteiger partial charge is 0.308 e. The molecule has 0 saturated carbocycles. The van der Waals surface area contributed by atoms with Crippen LogP contribution in [0.25, 0.3) is 6.08 Å². The zero-order valence-corrected chi connectivity index (χ0v) is 16.0. The number of furan rings is 1. The molecule has 1 heterocycles. The summed E-state index contributed by atoms with van der Waals surface area (Å²) in [6.45, 7) is 3.21. The van der Waals surface area contributed by atoms with Gasteiger partial charge in [0.05, 0.1) is 20.8 Å². The van der Waals surface area contributed by atoms with Crippen molar-refractivity contribution in [2.45, 2.75) is 20.4 Å². The van der Waals surface area contributed by atoms with Gasteiger partial charge in [0.1, 0.15) is 23.2 Å². The second-order valence-corrected chi connectivity index (χ2v) is 5.71. The summed E-state index contributed by atoms with van der Waals surface area (Å²) < 4.78 is 21.0. The minimum absolute atomic E-state index is 0.116. The first kappa shape index (κ1) is 20.6. The van der Waals surface area contributed by atoms with Gasteiger partial charge in [-0.3, -0.25) is 9.59 Å². The van der Waals surface area contributed by atoms with Crippen LogP contribution in [0.5, 0.6) is 17.2 Å². The number of carbonyl (C=O) groups is 2. The maximum absolute atomic E-state index is 12.3. The first-order valence-electron chi connectivity index (χ1n) is 8.27. The summed E-state index contributed by atoms with van der Waals surface area (Å²) in [7, 11) is 2.80. The predicted octanol–water partition coefficient (Wildman–Crippen LogP) is 2.75. The summed E-state index contributed by atoms with van der Waals surface area (Å²) in [5.74, 6) is 0.785. The molecule has 0 bridgehead atoms. The normalized spacial score (nSPS) is 10.8. The molecule has 0 spiro atoms. The number of nitriles is 1. The predicted molar refractivity (Wildman–Crippen MR) is 99.7 cm³/mol. The molecule has 8 heteroatoms. The van der Waals surface area contributed by atoms with Crippen molar-refractivity contribution in [2.75, 3.05) is 14.2 Å². The Hall–Kier alpha value is -3.73. The van der Waals surface area contributed by atoms with Crippen LogP contribution in [0.15, 0.2) is 34.3 Å². The summed E-state index contributed by atoms with van der Waals surface area (Å²) in [6, 6.07) is 8.45. The van der Waals surface area contributed by atoms with Crippen LogP contribution >= 0.6 is 0 Å². The van der Waals surface area contributed by atoms with Crippen molar-refractivity contribution in [3.05, 3.63) is 46.9 Å². The van der Waals surface area contributed by atoms with Gasteiger partial charge in [0.2, 0.25) is 5.75 Å². The molecule has 0 unspecified atom stereocenters. The molecule has 0 fully saturated rings. The van der Waals surface area contributed by atoms with E-state index in [1.807, 2.05) is 6.07 Å². The van der Waals surface area contributed by atoms with E-state index >= 15 is 0 Å². The van der Waals surface area contributed by atoms with Gasteiger partial charge in [-0.15, -0.1) is 0 Å². The SMILES string of the molecule is COc1cc(/C=C(\C#N)C(=O)NCc2ccc(C)o2)cc(OC)c1OC(C)=O. The van der Waals surface area contributed by atoms with Gasteiger partial charge >= 0.3 is 5.97 Å². The minimum atomic E-state index is -0.557. The largest absolute Gasteiger partial charge is 0.493 e. The van der Waals surface area contributed by atoms with E-state index in [4.69, 9.17) is 18.6 Å². The van der Waals surface area contributed by atoms with Gasteiger partial charge in [0, 0.05) is 6.92 Å². The molecule has 0 aliphatic rings. The molecular formula is C20H20N2O6. The van der Waals surface area contributed by atoms with Crippen molar-refractivity contribution < 1.29 is 28.2 Å². The number of nitrogens with zero attached hydrogens (tertiary/aromatic N) is 1. The standard InChI is InChI=1S/C20H20N2O6/c1-12-5-6-16(27-12)11-22-20(24)15(10-21)7-14-8-17(25-3)19(28-13(2)23)18(9-14)26-4/h5-9H,11H2,1-4H3,(H,22,24)/b15-7+. The van der Waals surface area contributed by atoms with E-state index in [-0.39, 0.29) is 29.4 Å². The number of carbonyl (C=O) groups excluding carboxylic acids is 2. The van der Waals surface area contributed by atoms with Crippen LogP contribution < -0.4 is 19.5 Å². The van der Waals surface area contributed by atoms with Crippen LogP contribution in [-0.2, 0) is 16.1 Å². The third-order valence-electron chi connectivity index (χ3n) is 3.62. The Kier molecular flexibility index (Phi) is 6.82. The fourth-order valence-electron chi connectivity index (χ4n) is 2.39. The lowest BCUT2D eigenvalue weighted by Gasteiger charge is -2.13. The third kappa shape index (κ3) is 5.14. The lowest BCUT2D eigenvalue weighted by atomic mass is 10.1. The van der Waals surface area contributed by atoms with Crippen LogP contribution in [0.2, 0.25) is 0 Å². The number of hydrogen-bond donors (Lipinski definition) is 1. The molecule has 2 aromatic rings. The van der Waals surface area contributed by atoms with Gasteiger partial charge < -0.3 is 23.9 Å². The number of rotatable bonds is 7. The first-order valence-corrected chi connectivity index (χ1v) is 8.27. The fraction of sp³-hybridized carbons (Fsp3) is 0.250. The molecule has 0 radical (unpaired) electrons. The number of amides is 1.